The molecule has 1 saturated heterocycles. The third-order valence-corrected chi connectivity index (χ3v) is 7.27. The molecule has 2 aromatic carbocycles. The number of aromatic nitrogens is 1. The highest BCUT2D eigenvalue weighted by Crippen LogP contribution is 2.48. The van der Waals surface area contributed by atoms with Gasteiger partial charge in [-0.2, -0.15) is 0 Å². The molecule has 0 spiro atoms. The van der Waals surface area contributed by atoms with Crippen molar-refractivity contribution in [2.45, 2.75) is 26.3 Å². The standard InChI is InChI=1S/C28H28N2O8S/c1-6-14-38-17-12-10-16(11-13-17)22(31)20-21(18-8-7-9-19(35-3)24(18)36-4)30(26(33)23(20)32)28-29-15(2)25(39-28)27(34)37-5/h7-13,21,31H,6,14H2,1-5H3/b22-20+. The van der Waals surface area contributed by atoms with Crippen molar-refractivity contribution in [3.63, 3.8) is 0 Å². The number of ether oxygens (including phenoxy) is 4. The van der Waals surface area contributed by atoms with Crippen LogP contribution in [-0.2, 0) is 14.3 Å². The van der Waals surface area contributed by atoms with Crippen LogP contribution in [-0.4, -0.2) is 55.7 Å². The molecule has 1 fully saturated rings. The minimum absolute atomic E-state index is 0.0900. The second-order valence-electron chi connectivity index (χ2n) is 8.53. The van der Waals surface area contributed by atoms with Gasteiger partial charge in [0.05, 0.1) is 39.2 Å². The van der Waals surface area contributed by atoms with Crippen LogP contribution >= 0.6 is 11.3 Å². The van der Waals surface area contributed by atoms with Gasteiger partial charge in [-0.1, -0.05) is 30.4 Å². The number of anilines is 1. The average molecular weight is 553 g/mol. The molecule has 0 saturated carbocycles. The molecule has 1 atom stereocenters. The molecule has 2 heterocycles. The molecular weight excluding hydrogens is 524 g/mol. The number of aryl methyl sites for hydroxylation is 1. The number of hydrogen-bond donors (Lipinski definition) is 1. The Morgan fingerprint density at radius 2 is 1.79 bits per heavy atom. The number of aliphatic hydroxyl groups excluding tert-OH is 1. The third kappa shape index (κ3) is 5.05. The van der Waals surface area contributed by atoms with Crippen LogP contribution in [0.3, 0.4) is 0 Å². The minimum atomic E-state index is -1.14. The lowest BCUT2D eigenvalue weighted by molar-refractivity contribution is -0.132. The number of benzene rings is 2. The Labute approximate surface area is 229 Å². The van der Waals surface area contributed by atoms with E-state index >= 15 is 0 Å². The van der Waals surface area contributed by atoms with Crippen molar-refractivity contribution in [2.24, 2.45) is 0 Å². The number of carbonyl (C=O) groups excluding carboxylic acids is 3. The van der Waals surface area contributed by atoms with E-state index in [1.54, 1.807) is 49.4 Å². The summed E-state index contributed by atoms with van der Waals surface area (Å²) in [6.45, 7) is 4.13. The van der Waals surface area contributed by atoms with Crippen molar-refractivity contribution in [1.82, 2.24) is 4.98 Å². The van der Waals surface area contributed by atoms with E-state index in [2.05, 4.69) is 4.98 Å². The molecule has 0 radical (unpaired) electrons. The first-order chi connectivity index (χ1) is 18.8. The van der Waals surface area contributed by atoms with E-state index in [1.165, 1.54) is 21.3 Å². The van der Waals surface area contributed by atoms with Gasteiger partial charge in [0.2, 0.25) is 0 Å². The first-order valence-corrected chi connectivity index (χ1v) is 12.9. The van der Waals surface area contributed by atoms with E-state index in [9.17, 15) is 19.5 Å². The quantitative estimate of drug-likeness (QED) is 0.174. The maximum Gasteiger partial charge on any atom is 0.350 e. The molecule has 4 rings (SSSR count). The molecule has 1 aliphatic heterocycles. The number of rotatable bonds is 9. The van der Waals surface area contributed by atoms with Crippen LogP contribution in [0.25, 0.3) is 5.76 Å². The van der Waals surface area contributed by atoms with E-state index < -0.39 is 23.7 Å². The molecule has 1 amide bonds. The fraction of sp³-hybridized carbons (Fsp3) is 0.286. The second-order valence-corrected chi connectivity index (χ2v) is 9.50. The van der Waals surface area contributed by atoms with Crippen LogP contribution in [0.15, 0.2) is 48.0 Å². The van der Waals surface area contributed by atoms with E-state index in [0.29, 0.717) is 34.9 Å². The van der Waals surface area contributed by atoms with Gasteiger partial charge in [-0.15, -0.1) is 0 Å². The number of amides is 1. The van der Waals surface area contributed by atoms with E-state index in [4.69, 9.17) is 18.9 Å². The summed E-state index contributed by atoms with van der Waals surface area (Å²) in [4.78, 5) is 45.1. The van der Waals surface area contributed by atoms with Crippen molar-refractivity contribution in [3.05, 3.63) is 69.7 Å². The zero-order valence-electron chi connectivity index (χ0n) is 22.1. The van der Waals surface area contributed by atoms with Crippen molar-refractivity contribution >= 4 is 39.9 Å². The lowest BCUT2D eigenvalue weighted by atomic mass is 9.94. The van der Waals surface area contributed by atoms with Crippen LogP contribution < -0.4 is 19.1 Å². The van der Waals surface area contributed by atoms with Gasteiger partial charge >= 0.3 is 11.9 Å². The molecular formula is C28H28N2O8S. The summed E-state index contributed by atoms with van der Waals surface area (Å²) in [5.74, 6) is -1.59. The monoisotopic (exact) mass is 552 g/mol. The van der Waals surface area contributed by atoms with Gasteiger partial charge < -0.3 is 24.1 Å². The maximum atomic E-state index is 13.5. The molecule has 39 heavy (non-hydrogen) atoms. The number of hydrogen-bond acceptors (Lipinski definition) is 10. The first-order valence-electron chi connectivity index (χ1n) is 12.1. The lowest BCUT2D eigenvalue weighted by Gasteiger charge is -2.25. The molecule has 1 unspecified atom stereocenters. The summed E-state index contributed by atoms with van der Waals surface area (Å²) in [6, 6.07) is 10.5. The summed E-state index contributed by atoms with van der Waals surface area (Å²) in [5, 5.41) is 11.5. The summed E-state index contributed by atoms with van der Waals surface area (Å²) >= 11 is 0.911. The molecule has 204 valence electrons. The van der Waals surface area contributed by atoms with Gasteiger partial charge in [-0.3, -0.25) is 14.5 Å². The van der Waals surface area contributed by atoms with Gasteiger partial charge in [0.1, 0.15) is 22.4 Å². The van der Waals surface area contributed by atoms with Gasteiger partial charge in [-0.05, 0) is 43.7 Å². The highest BCUT2D eigenvalue weighted by Gasteiger charge is 2.49. The number of esters is 1. The van der Waals surface area contributed by atoms with Crippen LogP contribution in [0, 0.1) is 6.92 Å². The summed E-state index contributed by atoms with van der Waals surface area (Å²) in [6.07, 6.45) is 0.835. The fourth-order valence-electron chi connectivity index (χ4n) is 4.30. The number of carbonyl (C=O) groups is 3. The van der Waals surface area contributed by atoms with E-state index in [1.807, 2.05) is 6.92 Å². The van der Waals surface area contributed by atoms with Gasteiger partial charge in [0, 0.05) is 11.1 Å². The Hall–Kier alpha value is -4.38. The topological polar surface area (TPSA) is 124 Å². The van der Waals surface area contributed by atoms with Crippen LogP contribution in [0.4, 0.5) is 5.13 Å². The summed E-state index contributed by atoms with van der Waals surface area (Å²) in [5.41, 5.74) is 0.867. The number of nitrogens with zero attached hydrogens (tertiary/aromatic N) is 2. The summed E-state index contributed by atoms with van der Waals surface area (Å²) in [7, 11) is 4.14. The Balaban J connectivity index is 1.94. The van der Waals surface area contributed by atoms with Crippen LogP contribution in [0.1, 0.15) is 45.9 Å². The lowest BCUT2D eigenvalue weighted by Crippen LogP contribution is -2.29. The number of Topliss-reactive ketones (excluding diaryl/α,β-unsaturated/α-hetero) is 1. The predicted molar refractivity (Wildman–Crippen MR) is 145 cm³/mol. The van der Waals surface area contributed by atoms with Crippen molar-refractivity contribution in [2.75, 3.05) is 32.8 Å². The first kappa shape index (κ1) is 27.6. The third-order valence-electron chi connectivity index (χ3n) is 6.14. The zero-order valence-corrected chi connectivity index (χ0v) is 23.0. The predicted octanol–water partition coefficient (Wildman–Crippen LogP) is 4.67. The molecule has 0 bridgehead atoms. The molecule has 1 aromatic heterocycles. The number of ketones is 1. The van der Waals surface area contributed by atoms with Crippen molar-refractivity contribution < 1.29 is 38.4 Å². The van der Waals surface area contributed by atoms with Gasteiger partial charge in [0.15, 0.2) is 16.6 Å². The minimum Gasteiger partial charge on any atom is -0.507 e. The van der Waals surface area contributed by atoms with Crippen molar-refractivity contribution in [1.29, 1.82) is 0 Å². The van der Waals surface area contributed by atoms with Crippen LogP contribution in [0.5, 0.6) is 17.2 Å². The normalized spacial score (nSPS) is 16.3. The van der Waals surface area contributed by atoms with Gasteiger partial charge in [0.25, 0.3) is 5.78 Å². The number of aliphatic hydroxyl groups is 1. The number of thiazole rings is 1. The van der Waals surface area contributed by atoms with Crippen molar-refractivity contribution in [3.8, 4) is 17.2 Å². The van der Waals surface area contributed by atoms with E-state index in [-0.39, 0.29) is 27.1 Å². The Bertz CT molecular complexity index is 1440. The van der Waals surface area contributed by atoms with Crippen LogP contribution in [0.2, 0.25) is 0 Å². The molecule has 1 N–H and O–H groups in total. The fourth-order valence-corrected chi connectivity index (χ4v) is 5.31. The Morgan fingerprint density at radius 3 is 2.41 bits per heavy atom. The number of methoxy groups -OCH3 is 3. The SMILES string of the molecule is CCCOc1ccc(/C(O)=C2\C(=O)C(=O)N(c3nc(C)c(C(=O)OC)s3)C2c2cccc(OC)c2OC)cc1. The molecule has 10 nitrogen and oxygen atoms in total. The average Bonchev–Trinajstić information content (AvgIpc) is 3.46. The Kier molecular flexibility index (Phi) is 8.20. The largest absolute Gasteiger partial charge is 0.507 e. The highest BCUT2D eigenvalue weighted by atomic mass is 32.1. The smallest absolute Gasteiger partial charge is 0.350 e. The van der Waals surface area contributed by atoms with E-state index in [0.717, 1.165) is 22.7 Å². The molecule has 11 heteroatoms. The Morgan fingerprint density at radius 1 is 1.08 bits per heavy atom. The highest BCUT2D eigenvalue weighted by molar-refractivity contribution is 7.17. The molecule has 3 aromatic rings. The zero-order chi connectivity index (χ0) is 28.3. The number of para-hydroxylation sites is 1. The van der Waals surface area contributed by atoms with Gasteiger partial charge in [-0.25, -0.2) is 9.78 Å². The molecule has 0 aliphatic carbocycles. The summed E-state index contributed by atoms with van der Waals surface area (Å²) < 4.78 is 21.5. The molecule has 1 aliphatic rings. The second kappa shape index (κ2) is 11.6. The maximum absolute atomic E-state index is 13.5.